The molecule has 5 unspecified atom stereocenters. The third-order valence-corrected chi connectivity index (χ3v) is 16.2. The molecule has 0 spiro atoms. The van der Waals surface area contributed by atoms with Gasteiger partial charge in [0.15, 0.2) is 11.5 Å². The van der Waals surface area contributed by atoms with Gasteiger partial charge in [-0.05, 0) is 177 Å². The number of nitrogens with zero attached hydrogens (tertiary/aromatic N) is 1. The standard InChI is InChI=1S/C49H23NO2/c1-50-13-23-26-21-9-7-19-17-5-3-15-16-4-6-18-20-8-10-22-34-32(20)40-30(18)28(16)38-27(15)29(17)39-31(19)33(21)41-37(26)43(42(34)48-46(40)44(38)45(39)47(41)48)35(22)36(23)49(50)14-2-11-24(51)25(52)12-14/h2-12,16,18,28,30,49,51-52H,13H2,1H3. The van der Waals surface area contributed by atoms with E-state index in [0.29, 0.717) is 23.7 Å². The van der Waals surface area contributed by atoms with Crippen molar-refractivity contribution in [2.75, 3.05) is 7.05 Å². The van der Waals surface area contributed by atoms with Crippen LogP contribution in [-0.2, 0) is 6.54 Å². The van der Waals surface area contributed by atoms with E-state index in [9.17, 15) is 10.2 Å². The van der Waals surface area contributed by atoms with Crippen molar-refractivity contribution in [2.24, 2.45) is 0 Å². The average Bonchev–Trinajstić information content (AvgIpc) is 4.00. The highest BCUT2D eigenvalue weighted by Gasteiger charge is 2.54. The van der Waals surface area contributed by atoms with E-state index in [1.54, 1.807) is 82.9 Å². The van der Waals surface area contributed by atoms with Crippen LogP contribution in [0.2, 0.25) is 0 Å². The first kappa shape index (κ1) is 23.6. The minimum absolute atomic E-state index is 0.0375. The van der Waals surface area contributed by atoms with E-state index in [-0.39, 0.29) is 17.5 Å². The molecule has 4 aliphatic carbocycles. The Labute approximate surface area is 293 Å². The molecule has 13 aromatic rings. The fraction of sp³-hybridized carbons (Fsp3) is 0.143. The molecule has 0 bridgehead atoms. The van der Waals surface area contributed by atoms with Crippen LogP contribution in [0.5, 0.6) is 11.5 Å². The van der Waals surface area contributed by atoms with Gasteiger partial charge < -0.3 is 10.2 Å². The molecular formula is C49H23NO2. The highest BCUT2D eigenvalue weighted by atomic mass is 16.3. The summed E-state index contributed by atoms with van der Waals surface area (Å²) in [6, 6.07) is 20.4. The van der Waals surface area contributed by atoms with E-state index in [2.05, 4.69) is 60.5 Å². The Kier molecular flexibility index (Phi) is 2.90. The smallest absolute Gasteiger partial charge is 0.157 e. The van der Waals surface area contributed by atoms with Crippen LogP contribution in [0.25, 0.3) is 118 Å². The Morgan fingerprint density at radius 1 is 0.462 bits per heavy atom. The van der Waals surface area contributed by atoms with Crippen molar-refractivity contribution >= 4 is 118 Å². The lowest BCUT2D eigenvalue weighted by molar-refractivity contribution is 0.304. The molecule has 0 saturated heterocycles. The molecule has 0 radical (unpaired) electrons. The lowest BCUT2D eigenvalue weighted by Crippen LogP contribution is -2.22. The molecule has 13 aromatic carbocycles. The van der Waals surface area contributed by atoms with Crippen molar-refractivity contribution in [3.05, 3.63) is 106 Å². The van der Waals surface area contributed by atoms with Gasteiger partial charge in [0.2, 0.25) is 0 Å². The lowest BCUT2D eigenvalue weighted by Gasteiger charge is -2.37. The van der Waals surface area contributed by atoms with Crippen molar-refractivity contribution in [1.29, 1.82) is 0 Å². The number of allylic oxidation sites excluding steroid dienone is 2. The zero-order chi connectivity index (χ0) is 32.8. The minimum atomic E-state index is -0.0670. The maximum Gasteiger partial charge on any atom is 0.157 e. The predicted molar refractivity (Wildman–Crippen MR) is 212 cm³/mol. The lowest BCUT2D eigenvalue weighted by atomic mass is 9.65. The number of benzene rings is 9. The van der Waals surface area contributed by atoms with E-state index in [1.807, 2.05) is 6.07 Å². The van der Waals surface area contributed by atoms with Crippen LogP contribution in [0, 0.1) is 0 Å². The van der Waals surface area contributed by atoms with Gasteiger partial charge in [-0.3, -0.25) is 4.90 Å². The number of phenolic OH excluding ortho intramolecular Hbond substituents is 2. The van der Waals surface area contributed by atoms with Gasteiger partial charge in [0, 0.05) is 30.2 Å². The van der Waals surface area contributed by atoms with Crippen molar-refractivity contribution in [2.45, 2.75) is 36.3 Å². The Balaban J connectivity index is 1.25. The Hall–Kier alpha value is -5.90. The van der Waals surface area contributed by atoms with Gasteiger partial charge in [0.1, 0.15) is 0 Å². The first-order valence-electron chi connectivity index (χ1n) is 19.0. The van der Waals surface area contributed by atoms with Crippen molar-refractivity contribution < 1.29 is 10.2 Å². The molecule has 5 atom stereocenters. The van der Waals surface area contributed by atoms with Gasteiger partial charge in [0.05, 0.1) is 6.04 Å². The monoisotopic (exact) mass is 657 g/mol. The van der Waals surface area contributed by atoms with Gasteiger partial charge in [-0.25, -0.2) is 0 Å². The van der Waals surface area contributed by atoms with Crippen LogP contribution in [0.15, 0.2) is 66.7 Å². The molecule has 1 heterocycles. The molecule has 2 N–H and O–H groups in total. The van der Waals surface area contributed by atoms with E-state index in [0.717, 1.165) is 12.1 Å². The molecule has 236 valence electrons. The topological polar surface area (TPSA) is 43.7 Å². The zero-order valence-corrected chi connectivity index (χ0v) is 27.8. The average molecular weight is 658 g/mol. The first-order valence-corrected chi connectivity index (χ1v) is 19.0. The third-order valence-electron chi connectivity index (χ3n) is 16.2. The van der Waals surface area contributed by atoms with Crippen molar-refractivity contribution in [3.8, 4) is 11.5 Å². The molecule has 0 fully saturated rings. The van der Waals surface area contributed by atoms with Gasteiger partial charge >= 0.3 is 0 Å². The highest BCUT2D eigenvalue weighted by molar-refractivity contribution is 6.64. The Morgan fingerprint density at radius 2 is 0.962 bits per heavy atom. The maximum absolute atomic E-state index is 10.8. The van der Waals surface area contributed by atoms with Gasteiger partial charge in [-0.15, -0.1) is 0 Å². The highest BCUT2D eigenvalue weighted by Crippen LogP contribution is 2.75. The summed E-state index contributed by atoms with van der Waals surface area (Å²) in [4.78, 5) is 2.47. The second kappa shape index (κ2) is 6.40. The van der Waals surface area contributed by atoms with Crippen LogP contribution in [0.3, 0.4) is 0 Å². The third kappa shape index (κ3) is 1.77. The normalized spacial score (nSPS) is 24.8. The Morgan fingerprint density at radius 3 is 1.67 bits per heavy atom. The van der Waals surface area contributed by atoms with Crippen LogP contribution in [0.1, 0.15) is 68.7 Å². The molecule has 5 aliphatic rings. The molecule has 18 rings (SSSR count). The molecule has 3 nitrogen and oxygen atoms in total. The van der Waals surface area contributed by atoms with Crippen LogP contribution < -0.4 is 0 Å². The number of phenols is 2. The number of hydrogen-bond donors (Lipinski definition) is 2. The molecule has 0 saturated carbocycles. The summed E-state index contributed by atoms with van der Waals surface area (Å²) in [6.45, 7) is 0.839. The fourth-order valence-electron chi connectivity index (χ4n) is 15.1. The summed E-state index contributed by atoms with van der Waals surface area (Å²) in [5.41, 5.74) is 10.3. The van der Waals surface area contributed by atoms with E-state index in [1.165, 1.54) is 81.1 Å². The van der Waals surface area contributed by atoms with E-state index >= 15 is 0 Å². The maximum atomic E-state index is 10.8. The summed E-state index contributed by atoms with van der Waals surface area (Å²) >= 11 is 0. The molecule has 0 amide bonds. The SMILES string of the molecule is CN1Cc2c(c3c4ccc5c6c7c8c9c%10c%11c(ccc%12c%13ccc%14c2c2c3c(c64)c8c3c9c(c%11%12)c%13c%14c23)C2C=CC5C7C%102)C1c1ccc(O)c(O)c1. The second-order valence-corrected chi connectivity index (χ2v) is 17.6. The molecule has 1 aliphatic heterocycles. The predicted octanol–water partition coefficient (Wildman–Crippen LogP) is 11.8. The zero-order valence-electron chi connectivity index (χ0n) is 27.8. The van der Waals surface area contributed by atoms with Crippen molar-refractivity contribution in [3.63, 3.8) is 0 Å². The Bertz CT molecular complexity index is 3960. The van der Waals surface area contributed by atoms with Crippen molar-refractivity contribution in [1.82, 2.24) is 4.90 Å². The summed E-state index contributed by atoms with van der Waals surface area (Å²) in [5.74, 6) is 1.71. The van der Waals surface area contributed by atoms with Crippen LogP contribution >= 0.6 is 0 Å². The number of aromatic hydroxyl groups is 2. The number of hydrogen-bond acceptors (Lipinski definition) is 3. The first-order chi connectivity index (χ1) is 25.6. The molecular weight excluding hydrogens is 635 g/mol. The largest absolute Gasteiger partial charge is 0.504 e. The summed E-state index contributed by atoms with van der Waals surface area (Å²) in [6.07, 6.45) is 5.23. The fourth-order valence-corrected chi connectivity index (χ4v) is 15.1. The minimum Gasteiger partial charge on any atom is -0.504 e. The van der Waals surface area contributed by atoms with Crippen LogP contribution in [0.4, 0.5) is 0 Å². The van der Waals surface area contributed by atoms with Crippen LogP contribution in [-0.4, -0.2) is 22.2 Å². The molecule has 0 aromatic heterocycles. The van der Waals surface area contributed by atoms with E-state index in [4.69, 9.17) is 0 Å². The quantitative estimate of drug-likeness (QED) is 0.105. The number of fused-ring (bicyclic) bond motifs is 8. The van der Waals surface area contributed by atoms with Gasteiger partial charge in [0.25, 0.3) is 0 Å². The number of rotatable bonds is 1. The molecule has 52 heavy (non-hydrogen) atoms. The summed E-state index contributed by atoms with van der Waals surface area (Å²) in [7, 11) is 2.24. The second-order valence-electron chi connectivity index (χ2n) is 17.6. The summed E-state index contributed by atoms with van der Waals surface area (Å²) < 4.78 is 0. The van der Waals surface area contributed by atoms with Gasteiger partial charge in [-0.1, -0.05) is 54.6 Å². The summed E-state index contributed by atoms with van der Waals surface area (Å²) in [5, 5.41) is 54.5. The van der Waals surface area contributed by atoms with E-state index < -0.39 is 0 Å². The van der Waals surface area contributed by atoms with Gasteiger partial charge in [-0.2, -0.15) is 0 Å². The molecule has 3 heteroatoms.